The van der Waals surface area contributed by atoms with Crippen molar-refractivity contribution in [2.45, 2.75) is 19.4 Å². The largest absolute Gasteiger partial charge is 0.497 e. The maximum absolute atomic E-state index is 12.2. The van der Waals surface area contributed by atoms with E-state index in [0.29, 0.717) is 22.3 Å². The molecule has 3 rings (SSSR count). The molecule has 0 bridgehead atoms. The highest BCUT2D eigenvalue weighted by atomic mass is 35.5. The second-order valence-electron chi connectivity index (χ2n) is 6.82. The summed E-state index contributed by atoms with van der Waals surface area (Å²) in [4.78, 5) is 23.5. The zero-order valence-electron chi connectivity index (χ0n) is 17.5. The number of halogens is 1. The fraction of sp³-hybridized carbons (Fsp3) is 0.261. The molecule has 156 valence electrons. The highest BCUT2D eigenvalue weighted by molar-refractivity contribution is 6.31. The smallest absolute Gasteiger partial charge is 0.308 e. The Morgan fingerprint density at radius 1 is 1.23 bits per heavy atom. The van der Waals surface area contributed by atoms with Crippen molar-refractivity contribution in [1.82, 2.24) is 0 Å². The summed E-state index contributed by atoms with van der Waals surface area (Å²) in [5.41, 5.74) is 4.02. The van der Waals surface area contributed by atoms with Crippen molar-refractivity contribution in [1.29, 1.82) is 0 Å². The van der Waals surface area contributed by atoms with Crippen molar-refractivity contribution in [3.63, 3.8) is 0 Å². The van der Waals surface area contributed by atoms with Crippen molar-refractivity contribution < 1.29 is 14.3 Å². The van der Waals surface area contributed by atoms with Crippen LogP contribution in [0.5, 0.6) is 5.75 Å². The minimum Gasteiger partial charge on any atom is -0.497 e. The van der Waals surface area contributed by atoms with Crippen LogP contribution in [0.4, 0.5) is 5.69 Å². The third-order valence-electron chi connectivity index (χ3n) is 4.83. The van der Waals surface area contributed by atoms with Crippen LogP contribution < -0.4 is 9.64 Å². The van der Waals surface area contributed by atoms with E-state index in [1.54, 1.807) is 14.2 Å². The van der Waals surface area contributed by atoms with Gasteiger partial charge in [-0.3, -0.25) is 14.8 Å². The maximum atomic E-state index is 12.2. The molecule has 2 aromatic rings. The molecule has 0 radical (unpaired) electrons. The first-order valence-corrected chi connectivity index (χ1v) is 9.78. The molecule has 7 heteroatoms. The second kappa shape index (κ2) is 9.13. The van der Waals surface area contributed by atoms with Crippen LogP contribution in [0.3, 0.4) is 0 Å². The number of fused-ring (bicyclic) bond motifs is 1. The topological polar surface area (TPSA) is 63.5 Å². The van der Waals surface area contributed by atoms with E-state index in [2.05, 4.69) is 11.6 Å². The van der Waals surface area contributed by atoms with Gasteiger partial charge in [0.25, 0.3) is 0 Å². The Morgan fingerprint density at radius 3 is 2.50 bits per heavy atom. The van der Waals surface area contributed by atoms with Crippen LogP contribution in [0, 0.1) is 0 Å². The number of carbonyl (C=O) groups excluding carboxylic acids is 1. The van der Waals surface area contributed by atoms with E-state index >= 15 is 0 Å². The van der Waals surface area contributed by atoms with E-state index in [0.717, 1.165) is 22.5 Å². The Kier molecular flexibility index (Phi) is 6.57. The minimum atomic E-state index is -0.553. The number of carbonyl (C=O) groups is 1. The lowest BCUT2D eigenvalue weighted by atomic mass is 9.99. The van der Waals surface area contributed by atoms with Gasteiger partial charge in [0.1, 0.15) is 17.6 Å². The number of aliphatic imine (C=N–C) groups is 2. The summed E-state index contributed by atoms with van der Waals surface area (Å²) < 4.78 is 10.4. The number of rotatable bonds is 5. The number of anilines is 1. The summed E-state index contributed by atoms with van der Waals surface area (Å²) in [6.07, 6.45) is 0.0508. The zero-order chi connectivity index (χ0) is 21.8. The molecular weight excluding hydrogens is 402 g/mol. The van der Waals surface area contributed by atoms with E-state index in [-0.39, 0.29) is 12.4 Å². The molecule has 1 heterocycles. The number of benzene rings is 2. The van der Waals surface area contributed by atoms with E-state index in [1.807, 2.05) is 54.3 Å². The minimum absolute atomic E-state index is 0.0508. The average molecular weight is 426 g/mol. The van der Waals surface area contributed by atoms with Gasteiger partial charge in [-0.25, -0.2) is 0 Å². The van der Waals surface area contributed by atoms with Gasteiger partial charge in [-0.1, -0.05) is 30.3 Å². The summed E-state index contributed by atoms with van der Waals surface area (Å²) in [5, 5.41) is 0.629. The van der Waals surface area contributed by atoms with Gasteiger partial charge in [0, 0.05) is 28.9 Å². The van der Waals surface area contributed by atoms with Gasteiger partial charge in [-0.05, 0) is 37.3 Å². The number of benzodiazepines with no additional fused rings is 1. The molecule has 30 heavy (non-hydrogen) atoms. The normalized spacial score (nSPS) is 17.1. The van der Waals surface area contributed by atoms with Crippen molar-refractivity contribution in [3.8, 4) is 5.75 Å². The SMILES string of the molecule is C=C(C)N1/C(=N\C)[C@H](CC(=O)OC)N=C(c2ccc(Cl)cc2)c2cc(OC)ccc21. The molecule has 0 aliphatic carbocycles. The number of allylic oxidation sites excluding steroid dienone is 1. The fourth-order valence-electron chi connectivity index (χ4n) is 3.45. The summed E-state index contributed by atoms with van der Waals surface area (Å²) in [7, 11) is 4.66. The molecule has 2 aromatic carbocycles. The molecule has 6 nitrogen and oxygen atoms in total. The number of hydrogen-bond acceptors (Lipinski definition) is 5. The monoisotopic (exact) mass is 425 g/mol. The molecule has 0 saturated carbocycles. The molecule has 0 saturated heterocycles. The number of esters is 1. The zero-order valence-corrected chi connectivity index (χ0v) is 18.2. The molecule has 0 amide bonds. The number of methoxy groups -OCH3 is 2. The number of ether oxygens (including phenoxy) is 2. The summed E-state index contributed by atoms with van der Waals surface area (Å²) >= 11 is 6.10. The molecular formula is C23H24ClN3O3. The Morgan fingerprint density at radius 2 is 1.93 bits per heavy atom. The fourth-order valence-corrected chi connectivity index (χ4v) is 3.57. The molecule has 0 N–H and O–H groups in total. The summed E-state index contributed by atoms with van der Waals surface area (Å²) in [6.45, 7) is 6.02. The Labute approximate surface area is 181 Å². The number of nitrogens with zero attached hydrogens (tertiary/aromatic N) is 3. The van der Waals surface area contributed by atoms with E-state index in [9.17, 15) is 4.79 Å². The van der Waals surface area contributed by atoms with Crippen LogP contribution >= 0.6 is 11.6 Å². The van der Waals surface area contributed by atoms with Crippen LogP contribution in [0.1, 0.15) is 24.5 Å². The van der Waals surface area contributed by atoms with Gasteiger partial charge in [0.05, 0.1) is 32.0 Å². The van der Waals surface area contributed by atoms with Crippen LogP contribution in [0.2, 0.25) is 5.02 Å². The third-order valence-corrected chi connectivity index (χ3v) is 5.08. The Balaban J connectivity index is 2.32. The van der Waals surface area contributed by atoms with Crippen molar-refractivity contribution in [2.24, 2.45) is 9.98 Å². The maximum Gasteiger partial charge on any atom is 0.308 e. The molecule has 1 aliphatic rings. The highest BCUT2D eigenvalue weighted by Gasteiger charge is 2.32. The van der Waals surface area contributed by atoms with Crippen LogP contribution in [0.15, 0.2) is 64.7 Å². The Bertz CT molecular complexity index is 1030. The molecule has 0 aromatic heterocycles. The molecule has 0 unspecified atom stereocenters. The molecule has 0 fully saturated rings. The lowest BCUT2D eigenvalue weighted by Crippen LogP contribution is -2.38. The Hall–Kier alpha value is -3.12. The van der Waals surface area contributed by atoms with Gasteiger partial charge in [-0.2, -0.15) is 0 Å². The van der Waals surface area contributed by atoms with E-state index in [1.165, 1.54) is 7.11 Å². The van der Waals surface area contributed by atoms with E-state index in [4.69, 9.17) is 26.1 Å². The highest BCUT2D eigenvalue weighted by Crippen LogP contribution is 2.34. The first-order valence-electron chi connectivity index (χ1n) is 9.40. The van der Waals surface area contributed by atoms with Gasteiger partial charge in [0.15, 0.2) is 0 Å². The lowest BCUT2D eigenvalue weighted by molar-refractivity contribution is -0.140. The van der Waals surface area contributed by atoms with Crippen LogP contribution in [0.25, 0.3) is 0 Å². The predicted molar refractivity (Wildman–Crippen MR) is 121 cm³/mol. The van der Waals surface area contributed by atoms with Crippen molar-refractivity contribution in [3.05, 3.63) is 70.9 Å². The third kappa shape index (κ3) is 4.24. The number of amidine groups is 1. The van der Waals surface area contributed by atoms with Gasteiger partial charge in [0.2, 0.25) is 0 Å². The molecule has 0 spiro atoms. The molecule has 1 atom stereocenters. The molecule has 1 aliphatic heterocycles. The first-order chi connectivity index (χ1) is 14.4. The average Bonchev–Trinajstić information content (AvgIpc) is 2.88. The predicted octanol–water partition coefficient (Wildman–Crippen LogP) is 4.50. The summed E-state index contributed by atoms with van der Waals surface area (Å²) in [5.74, 6) is 0.937. The second-order valence-corrected chi connectivity index (χ2v) is 7.25. The van der Waals surface area contributed by atoms with Gasteiger partial charge in [-0.15, -0.1) is 0 Å². The van der Waals surface area contributed by atoms with Crippen molar-refractivity contribution >= 4 is 34.8 Å². The first kappa shape index (κ1) is 21.6. The number of hydrogen-bond donors (Lipinski definition) is 0. The van der Waals surface area contributed by atoms with Crippen LogP contribution in [-0.4, -0.2) is 44.8 Å². The van der Waals surface area contributed by atoms with Gasteiger partial charge >= 0.3 is 5.97 Å². The quantitative estimate of drug-likeness (QED) is 0.661. The van der Waals surface area contributed by atoms with Crippen molar-refractivity contribution in [2.75, 3.05) is 26.2 Å². The van der Waals surface area contributed by atoms with E-state index < -0.39 is 6.04 Å². The summed E-state index contributed by atoms with van der Waals surface area (Å²) in [6, 6.07) is 12.6. The van der Waals surface area contributed by atoms with Gasteiger partial charge < -0.3 is 14.4 Å². The standard InChI is InChI=1S/C23H24ClN3O3/c1-14(2)27-20-11-10-17(29-4)12-18(20)22(15-6-8-16(24)9-7-15)26-19(23(27)25-3)13-21(28)30-5/h6-12,19H,1,13H2,2-5H3/b25-23-/t19-/m0/s1. The lowest BCUT2D eigenvalue weighted by Gasteiger charge is -2.28. The van der Waals surface area contributed by atoms with Crippen LogP contribution in [-0.2, 0) is 9.53 Å².